The fraction of sp³-hybridized carbons (Fsp3) is 0.235. The van der Waals surface area contributed by atoms with Crippen LogP contribution in [0.4, 0.5) is 0 Å². The van der Waals surface area contributed by atoms with Crippen LogP contribution < -0.4 is 28.5 Å². The maximum absolute atomic E-state index is 12.2. The van der Waals surface area contributed by atoms with Gasteiger partial charge in [-0.1, -0.05) is 30.3 Å². The number of Topliss-reactive ketones (excluding diaryl/α,β-unsaturated/α-hetero) is 1. The first-order valence-electron chi connectivity index (χ1n) is 7.08. The molecule has 0 saturated heterocycles. The summed E-state index contributed by atoms with van der Waals surface area (Å²) in [4.78, 5) is 23.5. The monoisotopic (exact) mass is 426 g/mol. The standard InChI is InChI=1S/C17H19N2O3.HI/c1-3-22-17(21)10-9-15-11-19(13-18(15)2)12-16(20)14-7-5-4-6-8-14;/h4-11,13H,3,12H2,1-2H3;1H/q+1;/p-1/b10-9+;. The number of imidazole rings is 1. The Hall–Kier alpha value is -1.96. The van der Waals surface area contributed by atoms with Crippen LogP contribution in [0, 0.1) is 0 Å². The van der Waals surface area contributed by atoms with Crippen LogP contribution in [0.3, 0.4) is 0 Å². The molecule has 0 unspecified atom stereocenters. The number of benzene rings is 1. The summed E-state index contributed by atoms with van der Waals surface area (Å²) in [7, 11) is 1.86. The minimum Gasteiger partial charge on any atom is -1.00 e. The summed E-state index contributed by atoms with van der Waals surface area (Å²) >= 11 is 0. The predicted molar refractivity (Wildman–Crippen MR) is 82.0 cm³/mol. The Morgan fingerprint density at radius 3 is 2.61 bits per heavy atom. The lowest BCUT2D eigenvalue weighted by molar-refractivity contribution is -0.682. The summed E-state index contributed by atoms with van der Waals surface area (Å²) in [6.45, 7) is 2.37. The number of hydrogen-bond donors (Lipinski definition) is 0. The van der Waals surface area contributed by atoms with Crippen LogP contribution in [0.2, 0.25) is 0 Å². The van der Waals surface area contributed by atoms with Crippen molar-refractivity contribution in [2.45, 2.75) is 13.5 Å². The molecule has 0 aliphatic rings. The molecule has 1 heterocycles. The number of ether oxygens (including phenoxy) is 1. The van der Waals surface area contributed by atoms with Gasteiger partial charge in [0.2, 0.25) is 12.1 Å². The van der Waals surface area contributed by atoms with Crippen molar-refractivity contribution < 1.29 is 42.9 Å². The zero-order chi connectivity index (χ0) is 15.9. The third-order valence-corrected chi connectivity index (χ3v) is 3.13. The van der Waals surface area contributed by atoms with E-state index in [4.69, 9.17) is 4.74 Å². The number of aromatic nitrogens is 2. The molecule has 0 atom stereocenters. The second-order valence-electron chi connectivity index (χ2n) is 4.83. The Balaban J connectivity index is 0.00000264. The highest BCUT2D eigenvalue weighted by Gasteiger charge is 2.13. The summed E-state index contributed by atoms with van der Waals surface area (Å²) in [5, 5.41) is 0. The van der Waals surface area contributed by atoms with E-state index in [1.807, 2.05) is 42.3 Å². The minimum atomic E-state index is -0.379. The number of hydrogen-bond acceptors (Lipinski definition) is 3. The second-order valence-corrected chi connectivity index (χ2v) is 4.83. The first-order valence-corrected chi connectivity index (χ1v) is 7.08. The summed E-state index contributed by atoms with van der Waals surface area (Å²) < 4.78 is 8.47. The van der Waals surface area contributed by atoms with Gasteiger partial charge in [-0.05, 0) is 13.0 Å². The van der Waals surface area contributed by atoms with Crippen molar-refractivity contribution in [3.63, 3.8) is 0 Å². The lowest BCUT2D eigenvalue weighted by atomic mass is 10.1. The van der Waals surface area contributed by atoms with Gasteiger partial charge in [-0.25, -0.2) is 13.9 Å². The quantitative estimate of drug-likeness (QED) is 0.191. The summed E-state index contributed by atoms with van der Waals surface area (Å²) in [6, 6.07) is 9.17. The van der Waals surface area contributed by atoms with E-state index in [0.29, 0.717) is 12.2 Å². The lowest BCUT2D eigenvalue weighted by Gasteiger charge is -1.97. The third-order valence-electron chi connectivity index (χ3n) is 3.13. The number of rotatable bonds is 6. The molecule has 5 nitrogen and oxygen atoms in total. The van der Waals surface area contributed by atoms with Crippen LogP contribution in [0.5, 0.6) is 0 Å². The number of nitrogens with zero attached hydrogens (tertiary/aromatic N) is 2. The molecule has 2 rings (SSSR count). The van der Waals surface area contributed by atoms with Crippen LogP contribution in [-0.4, -0.2) is 22.9 Å². The molecular formula is C17H19IN2O3. The van der Waals surface area contributed by atoms with Crippen molar-refractivity contribution in [1.29, 1.82) is 0 Å². The molecular weight excluding hydrogens is 407 g/mol. The fourth-order valence-electron chi connectivity index (χ4n) is 2.06. The Morgan fingerprint density at radius 2 is 1.96 bits per heavy atom. The van der Waals surface area contributed by atoms with Crippen LogP contribution in [0.1, 0.15) is 23.0 Å². The van der Waals surface area contributed by atoms with Crippen molar-refractivity contribution in [3.8, 4) is 0 Å². The smallest absolute Gasteiger partial charge is 0.330 e. The van der Waals surface area contributed by atoms with Gasteiger partial charge < -0.3 is 28.7 Å². The average molecular weight is 426 g/mol. The molecule has 0 aliphatic heterocycles. The van der Waals surface area contributed by atoms with E-state index in [9.17, 15) is 9.59 Å². The third kappa shape index (κ3) is 5.63. The number of carbonyl (C=O) groups excluding carboxylic acids is 2. The average Bonchev–Trinajstić information content (AvgIpc) is 2.86. The molecule has 0 radical (unpaired) electrons. The molecule has 0 spiro atoms. The number of esters is 1. The summed E-state index contributed by atoms with van der Waals surface area (Å²) in [5.74, 6) is -0.340. The van der Waals surface area contributed by atoms with Crippen molar-refractivity contribution in [1.82, 2.24) is 4.57 Å². The Labute approximate surface area is 152 Å². The van der Waals surface area contributed by atoms with Gasteiger partial charge in [-0.2, -0.15) is 0 Å². The molecule has 2 aromatic rings. The maximum atomic E-state index is 12.2. The van der Waals surface area contributed by atoms with Crippen LogP contribution in [0.25, 0.3) is 6.08 Å². The molecule has 1 aromatic heterocycles. The van der Waals surface area contributed by atoms with Crippen LogP contribution in [0.15, 0.2) is 48.9 Å². The predicted octanol–water partition coefficient (Wildman–Crippen LogP) is -1.22. The van der Waals surface area contributed by atoms with Gasteiger partial charge in [0.15, 0.2) is 12.2 Å². The first kappa shape index (κ1) is 19.1. The number of aryl methyl sites for hydroxylation is 1. The van der Waals surface area contributed by atoms with E-state index in [-0.39, 0.29) is 42.3 Å². The lowest BCUT2D eigenvalue weighted by Crippen LogP contribution is -3.00. The highest BCUT2D eigenvalue weighted by atomic mass is 127. The Morgan fingerprint density at radius 1 is 1.26 bits per heavy atom. The van der Waals surface area contributed by atoms with Crippen LogP contribution >= 0.6 is 0 Å². The van der Waals surface area contributed by atoms with Crippen molar-refractivity contribution in [3.05, 3.63) is 60.2 Å². The Bertz CT molecular complexity index is 693. The minimum absolute atomic E-state index is 0. The fourth-order valence-corrected chi connectivity index (χ4v) is 2.06. The molecule has 122 valence electrons. The SMILES string of the molecule is CCOC(=O)/C=C/c1c[n+](CC(=O)c2ccccc2)cn1C.[I-]. The zero-order valence-electron chi connectivity index (χ0n) is 13.1. The largest absolute Gasteiger partial charge is 1.00 e. The Kier molecular flexibility index (Phi) is 7.67. The van der Waals surface area contributed by atoms with Crippen LogP contribution in [-0.2, 0) is 23.1 Å². The highest BCUT2D eigenvalue weighted by Crippen LogP contribution is 2.02. The van der Waals surface area contributed by atoms with Gasteiger partial charge in [-0.3, -0.25) is 4.79 Å². The number of carbonyl (C=O) groups is 2. The van der Waals surface area contributed by atoms with Crippen molar-refractivity contribution in [2.75, 3.05) is 6.61 Å². The molecule has 0 fully saturated rings. The van der Waals surface area contributed by atoms with Crippen molar-refractivity contribution >= 4 is 17.8 Å². The highest BCUT2D eigenvalue weighted by molar-refractivity contribution is 5.95. The molecule has 6 heteroatoms. The number of halogens is 1. The number of ketones is 1. The normalized spacial score (nSPS) is 10.3. The molecule has 0 amide bonds. The van der Waals surface area contributed by atoms with E-state index in [0.717, 1.165) is 5.69 Å². The summed E-state index contributed by atoms with van der Waals surface area (Å²) in [6.07, 6.45) is 6.67. The molecule has 0 N–H and O–H groups in total. The van der Waals surface area contributed by atoms with Gasteiger partial charge in [-0.15, -0.1) is 0 Å². The van der Waals surface area contributed by atoms with E-state index in [2.05, 4.69) is 0 Å². The molecule has 0 bridgehead atoms. The topological polar surface area (TPSA) is 52.2 Å². The molecule has 1 aromatic carbocycles. The first-order chi connectivity index (χ1) is 10.6. The van der Waals surface area contributed by atoms with Gasteiger partial charge in [0.1, 0.15) is 6.20 Å². The summed E-state index contributed by atoms with van der Waals surface area (Å²) in [5.41, 5.74) is 1.50. The van der Waals surface area contributed by atoms with Gasteiger partial charge in [0.05, 0.1) is 13.7 Å². The van der Waals surface area contributed by atoms with E-state index in [1.54, 1.807) is 29.7 Å². The molecule has 0 aliphatic carbocycles. The van der Waals surface area contributed by atoms with Gasteiger partial charge in [0, 0.05) is 11.6 Å². The molecule has 23 heavy (non-hydrogen) atoms. The van der Waals surface area contributed by atoms with E-state index < -0.39 is 0 Å². The van der Waals surface area contributed by atoms with Crippen molar-refractivity contribution in [2.24, 2.45) is 7.05 Å². The molecule has 0 saturated carbocycles. The zero-order valence-corrected chi connectivity index (χ0v) is 15.3. The second kappa shape index (κ2) is 9.24. The maximum Gasteiger partial charge on any atom is 0.330 e. The van der Waals surface area contributed by atoms with E-state index >= 15 is 0 Å². The van der Waals surface area contributed by atoms with Gasteiger partial charge >= 0.3 is 5.97 Å². The van der Waals surface area contributed by atoms with Gasteiger partial charge in [0.25, 0.3) is 0 Å². The van der Waals surface area contributed by atoms with E-state index in [1.165, 1.54) is 6.08 Å².